The van der Waals surface area contributed by atoms with E-state index in [1.165, 1.54) is 0 Å². The molecular formula is C11H9ClN2O3. The van der Waals surface area contributed by atoms with E-state index in [-0.39, 0.29) is 12.3 Å². The van der Waals surface area contributed by atoms with Crippen molar-refractivity contribution in [3.8, 4) is 11.3 Å². The standard InChI is InChI=1S/C11H9ClN2O3/c12-8-4-2-1-3-6(8)10-7(5-9(15)16)11(13)17-14-10/h1-4H,5,13H2,(H,15,16). The average Bonchev–Trinajstić information content (AvgIpc) is 2.61. The highest BCUT2D eigenvalue weighted by Crippen LogP contribution is 2.32. The Morgan fingerprint density at radius 1 is 1.47 bits per heavy atom. The molecule has 2 aromatic rings. The molecule has 6 heteroatoms. The van der Waals surface area contributed by atoms with Crippen molar-refractivity contribution in [2.75, 3.05) is 5.73 Å². The number of carboxylic acids is 1. The van der Waals surface area contributed by atoms with Crippen molar-refractivity contribution in [3.63, 3.8) is 0 Å². The summed E-state index contributed by atoms with van der Waals surface area (Å²) in [5, 5.41) is 13.0. The quantitative estimate of drug-likeness (QED) is 0.874. The molecule has 0 radical (unpaired) electrons. The third-order valence-corrected chi connectivity index (χ3v) is 2.61. The van der Waals surface area contributed by atoms with Gasteiger partial charge in [0.15, 0.2) is 0 Å². The second kappa shape index (κ2) is 4.47. The number of nitrogens with zero attached hydrogens (tertiary/aromatic N) is 1. The highest BCUT2D eigenvalue weighted by atomic mass is 35.5. The van der Waals surface area contributed by atoms with Crippen LogP contribution < -0.4 is 5.73 Å². The molecular weight excluding hydrogens is 244 g/mol. The lowest BCUT2D eigenvalue weighted by Gasteiger charge is -2.01. The summed E-state index contributed by atoms with van der Waals surface area (Å²) < 4.78 is 4.81. The van der Waals surface area contributed by atoms with Crippen LogP contribution in [0.4, 0.5) is 5.88 Å². The zero-order valence-corrected chi connectivity index (χ0v) is 9.44. The second-order valence-corrected chi connectivity index (χ2v) is 3.83. The minimum absolute atomic E-state index is 0.00215. The minimum atomic E-state index is -1.01. The molecule has 0 aliphatic carbocycles. The van der Waals surface area contributed by atoms with Gasteiger partial charge in [0.1, 0.15) is 5.69 Å². The van der Waals surface area contributed by atoms with Crippen molar-refractivity contribution in [3.05, 3.63) is 34.9 Å². The fraction of sp³-hybridized carbons (Fsp3) is 0.0909. The van der Waals surface area contributed by atoms with Crippen LogP contribution in [0.3, 0.4) is 0 Å². The normalized spacial score (nSPS) is 10.4. The predicted octanol–water partition coefficient (Wildman–Crippen LogP) is 2.20. The summed E-state index contributed by atoms with van der Waals surface area (Å²) in [6.07, 6.45) is -0.254. The van der Waals surface area contributed by atoms with Gasteiger partial charge in [0.25, 0.3) is 0 Å². The molecule has 0 amide bonds. The number of benzene rings is 1. The van der Waals surface area contributed by atoms with E-state index >= 15 is 0 Å². The van der Waals surface area contributed by atoms with Gasteiger partial charge in [-0.05, 0) is 6.07 Å². The summed E-state index contributed by atoms with van der Waals surface area (Å²) in [5.74, 6) is -1.00. The van der Waals surface area contributed by atoms with Gasteiger partial charge in [0, 0.05) is 5.56 Å². The van der Waals surface area contributed by atoms with E-state index in [0.29, 0.717) is 21.8 Å². The predicted molar refractivity (Wildman–Crippen MR) is 62.7 cm³/mol. The first kappa shape index (κ1) is 11.5. The second-order valence-electron chi connectivity index (χ2n) is 3.42. The Kier molecular flexibility index (Phi) is 3.01. The SMILES string of the molecule is Nc1onc(-c2ccccc2Cl)c1CC(=O)O. The number of carbonyl (C=O) groups is 1. The van der Waals surface area contributed by atoms with Gasteiger partial charge in [-0.15, -0.1) is 0 Å². The fourth-order valence-electron chi connectivity index (χ4n) is 1.51. The van der Waals surface area contributed by atoms with Gasteiger partial charge < -0.3 is 15.4 Å². The van der Waals surface area contributed by atoms with Crippen LogP contribution in [0.5, 0.6) is 0 Å². The molecule has 88 valence electrons. The summed E-state index contributed by atoms with van der Waals surface area (Å²) in [5.41, 5.74) is 6.85. The van der Waals surface area contributed by atoms with E-state index in [2.05, 4.69) is 5.16 Å². The molecule has 2 rings (SSSR count). The molecule has 0 fully saturated rings. The molecule has 0 bridgehead atoms. The lowest BCUT2D eigenvalue weighted by molar-refractivity contribution is -0.136. The maximum absolute atomic E-state index is 10.7. The Balaban J connectivity index is 2.53. The summed E-state index contributed by atoms with van der Waals surface area (Å²) >= 11 is 6.01. The first-order chi connectivity index (χ1) is 8.09. The van der Waals surface area contributed by atoms with Gasteiger partial charge in [-0.25, -0.2) is 0 Å². The Morgan fingerprint density at radius 2 is 2.18 bits per heavy atom. The van der Waals surface area contributed by atoms with Crippen LogP contribution in [0.2, 0.25) is 5.02 Å². The topological polar surface area (TPSA) is 89.4 Å². The van der Waals surface area contributed by atoms with Crippen molar-refractivity contribution in [2.45, 2.75) is 6.42 Å². The molecule has 17 heavy (non-hydrogen) atoms. The van der Waals surface area contributed by atoms with Crippen molar-refractivity contribution < 1.29 is 14.4 Å². The Hall–Kier alpha value is -2.01. The maximum Gasteiger partial charge on any atom is 0.308 e. The molecule has 0 aliphatic heterocycles. The van der Waals surface area contributed by atoms with Crippen molar-refractivity contribution in [1.82, 2.24) is 5.16 Å². The van der Waals surface area contributed by atoms with E-state index < -0.39 is 5.97 Å². The molecule has 0 atom stereocenters. The van der Waals surface area contributed by atoms with E-state index in [1.807, 2.05) is 0 Å². The van der Waals surface area contributed by atoms with Gasteiger partial charge in [0.05, 0.1) is 17.0 Å². The Morgan fingerprint density at radius 3 is 2.82 bits per heavy atom. The van der Waals surface area contributed by atoms with E-state index in [1.54, 1.807) is 24.3 Å². The summed E-state index contributed by atoms with van der Waals surface area (Å²) in [7, 11) is 0. The Labute approximate surface area is 102 Å². The highest BCUT2D eigenvalue weighted by Gasteiger charge is 2.19. The fourth-order valence-corrected chi connectivity index (χ4v) is 1.73. The molecule has 0 spiro atoms. The molecule has 0 aliphatic rings. The third kappa shape index (κ3) is 2.24. The summed E-state index contributed by atoms with van der Waals surface area (Å²) in [4.78, 5) is 10.7. The zero-order valence-electron chi connectivity index (χ0n) is 8.68. The molecule has 1 aromatic carbocycles. The number of halogens is 1. The maximum atomic E-state index is 10.7. The number of hydrogen-bond donors (Lipinski definition) is 2. The Bertz CT molecular complexity index is 566. The van der Waals surface area contributed by atoms with Gasteiger partial charge >= 0.3 is 5.97 Å². The molecule has 1 aromatic heterocycles. The van der Waals surface area contributed by atoms with Crippen LogP contribution in [-0.4, -0.2) is 16.2 Å². The number of hydrogen-bond acceptors (Lipinski definition) is 4. The molecule has 0 saturated heterocycles. The number of carboxylic acid groups (broad SMARTS) is 1. The van der Waals surface area contributed by atoms with E-state index in [4.69, 9.17) is 27.0 Å². The average molecular weight is 253 g/mol. The van der Waals surface area contributed by atoms with E-state index in [9.17, 15) is 4.79 Å². The zero-order chi connectivity index (χ0) is 12.4. The van der Waals surface area contributed by atoms with Gasteiger partial charge in [-0.2, -0.15) is 0 Å². The van der Waals surface area contributed by atoms with Gasteiger partial charge in [-0.1, -0.05) is 35.0 Å². The number of nitrogen functional groups attached to an aromatic ring is 1. The van der Waals surface area contributed by atoms with Crippen molar-refractivity contribution in [1.29, 1.82) is 0 Å². The van der Waals surface area contributed by atoms with E-state index in [0.717, 1.165) is 0 Å². The monoisotopic (exact) mass is 252 g/mol. The molecule has 5 nitrogen and oxygen atoms in total. The number of aromatic nitrogens is 1. The van der Waals surface area contributed by atoms with Crippen LogP contribution in [0, 0.1) is 0 Å². The van der Waals surface area contributed by atoms with Crippen LogP contribution in [0.1, 0.15) is 5.56 Å². The van der Waals surface area contributed by atoms with Crippen molar-refractivity contribution in [2.24, 2.45) is 0 Å². The third-order valence-electron chi connectivity index (χ3n) is 2.28. The minimum Gasteiger partial charge on any atom is -0.481 e. The largest absolute Gasteiger partial charge is 0.481 e. The van der Waals surface area contributed by atoms with Crippen LogP contribution in [0.25, 0.3) is 11.3 Å². The molecule has 3 N–H and O–H groups in total. The first-order valence-corrected chi connectivity index (χ1v) is 5.18. The highest BCUT2D eigenvalue weighted by molar-refractivity contribution is 6.33. The summed E-state index contributed by atoms with van der Waals surface area (Å²) in [6.45, 7) is 0. The lowest BCUT2D eigenvalue weighted by Crippen LogP contribution is -2.03. The number of anilines is 1. The molecule has 1 heterocycles. The lowest BCUT2D eigenvalue weighted by atomic mass is 10.1. The number of rotatable bonds is 3. The summed E-state index contributed by atoms with van der Waals surface area (Å²) in [6, 6.07) is 6.96. The number of aliphatic carboxylic acids is 1. The molecule has 0 saturated carbocycles. The smallest absolute Gasteiger partial charge is 0.308 e. The van der Waals surface area contributed by atoms with Crippen LogP contribution in [-0.2, 0) is 11.2 Å². The molecule has 0 unspecified atom stereocenters. The first-order valence-electron chi connectivity index (χ1n) is 4.80. The number of nitrogens with two attached hydrogens (primary N) is 1. The van der Waals surface area contributed by atoms with Crippen LogP contribution >= 0.6 is 11.6 Å². The van der Waals surface area contributed by atoms with Gasteiger partial charge in [0.2, 0.25) is 5.88 Å². The van der Waals surface area contributed by atoms with Gasteiger partial charge in [-0.3, -0.25) is 4.79 Å². The van der Waals surface area contributed by atoms with Crippen molar-refractivity contribution >= 4 is 23.5 Å². The van der Waals surface area contributed by atoms with Crippen LogP contribution in [0.15, 0.2) is 28.8 Å².